The van der Waals surface area contributed by atoms with E-state index in [1.165, 1.54) is 0 Å². The maximum atomic E-state index is 10.7. The van der Waals surface area contributed by atoms with E-state index in [1.54, 1.807) is 11.8 Å². The molecule has 3 N–H and O–H groups in total. The van der Waals surface area contributed by atoms with Crippen LogP contribution in [0.3, 0.4) is 0 Å². The molecule has 3 rings (SSSR count). The molecular weight excluding hydrogens is 298 g/mol. The van der Waals surface area contributed by atoms with Crippen LogP contribution in [-0.4, -0.2) is 17.6 Å². The highest BCUT2D eigenvalue weighted by atomic mass is 32.2. The molecule has 2 aromatic carbocycles. The number of hydrogen-bond acceptors (Lipinski definition) is 5. The van der Waals surface area contributed by atoms with Crippen molar-refractivity contribution in [3.63, 3.8) is 0 Å². The van der Waals surface area contributed by atoms with Crippen molar-refractivity contribution in [3.8, 4) is 5.75 Å². The molecule has 0 bridgehead atoms. The van der Waals surface area contributed by atoms with Crippen LogP contribution in [0.2, 0.25) is 0 Å². The molecule has 5 nitrogen and oxygen atoms in total. The van der Waals surface area contributed by atoms with E-state index in [1.807, 2.05) is 54.6 Å². The minimum absolute atomic E-state index is 0.0698. The average Bonchev–Trinajstić information content (AvgIpc) is 3.04. The van der Waals surface area contributed by atoms with Gasteiger partial charge in [0.25, 0.3) is 5.91 Å². The van der Waals surface area contributed by atoms with Gasteiger partial charge in [0, 0.05) is 5.56 Å². The second-order valence-corrected chi connectivity index (χ2v) is 5.83. The lowest BCUT2D eigenvalue weighted by Gasteiger charge is -2.10. The standard InChI is InChI=1S/C16H15N3O2S/c17-14(20)10-21-13-8-6-12(7-9-13)16-19-18-15(22-16)11-4-2-1-3-5-11/h1-9,16,19H,10H2,(H2,17,20)/t16-/m1/s1. The summed E-state index contributed by atoms with van der Waals surface area (Å²) in [6.45, 7) is -0.114. The van der Waals surface area contributed by atoms with Gasteiger partial charge >= 0.3 is 0 Å². The number of rotatable bonds is 5. The minimum atomic E-state index is -0.488. The third-order valence-electron chi connectivity index (χ3n) is 3.10. The highest BCUT2D eigenvalue weighted by Crippen LogP contribution is 2.34. The van der Waals surface area contributed by atoms with Crippen molar-refractivity contribution < 1.29 is 9.53 Å². The summed E-state index contributed by atoms with van der Waals surface area (Å²) in [5, 5.41) is 5.42. The highest BCUT2D eigenvalue weighted by Gasteiger charge is 2.21. The fourth-order valence-electron chi connectivity index (χ4n) is 2.03. The fourth-order valence-corrected chi connectivity index (χ4v) is 3.03. The third-order valence-corrected chi connectivity index (χ3v) is 4.26. The summed E-state index contributed by atoms with van der Waals surface area (Å²) in [6.07, 6.45) is 0. The molecule has 112 valence electrons. The molecule has 0 saturated heterocycles. The molecule has 1 aliphatic heterocycles. The van der Waals surface area contributed by atoms with Crippen molar-refractivity contribution in [1.82, 2.24) is 5.43 Å². The molecule has 0 fully saturated rings. The molecule has 22 heavy (non-hydrogen) atoms. The Labute approximate surface area is 132 Å². The minimum Gasteiger partial charge on any atom is -0.484 e. The van der Waals surface area contributed by atoms with Crippen molar-refractivity contribution in [1.29, 1.82) is 0 Å². The van der Waals surface area contributed by atoms with Gasteiger partial charge in [0.15, 0.2) is 6.61 Å². The summed E-state index contributed by atoms with van der Waals surface area (Å²) >= 11 is 1.66. The monoisotopic (exact) mass is 313 g/mol. The van der Waals surface area contributed by atoms with Gasteiger partial charge in [-0.25, -0.2) is 0 Å². The van der Waals surface area contributed by atoms with Crippen LogP contribution in [0.4, 0.5) is 0 Å². The first-order valence-electron chi connectivity index (χ1n) is 6.79. The number of nitrogens with zero attached hydrogens (tertiary/aromatic N) is 1. The number of benzene rings is 2. The topological polar surface area (TPSA) is 76.7 Å². The predicted octanol–water partition coefficient (Wildman–Crippen LogP) is 2.25. The van der Waals surface area contributed by atoms with Gasteiger partial charge < -0.3 is 10.5 Å². The first kappa shape index (κ1) is 14.5. The molecule has 0 spiro atoms. The fraction of sp³-hybridized carbons (Fsp3) is 0.125. The Hall–Kier alpha value is -2.47. The van der Waals surface area contributed by atoms with E-state index in [-0.39, 0.29) is 12.0 Å². The van der Waals surface area contributed by atoms with Gasteiger partial charge in [-0.3, -0.25) is 10.2 Å². The number of carbonyl (C=O) groups is 1. The van der Waals surface area contributed by atoms with Crippen molar-refractivity contribution in [2.24, 2.45) is 10.8 Å². The van der Waals surface area contributed by atoms with Gasteiger partial charge in [0.05, 0.1) is 0 Å². The van der Waals surface area contributed by atoms with E-state index < -0.39 is 5.91 Å². The number of nitrogens with two attached hydrogens (primary N) is 1. The summed E-state index contributed by atoms with van der Waals surface area (Å²) in [7, 11) is 0. The number of hydrogen-bond donors (Lipinski definition) is 2. The number of primary amides is 1. The van der Waals surface area contributed by atoms with E-state index in [4.69, 9.17) is 10.5 Å². The lowest BCUT2D eigenvalue weighted by Crippen LogP contribution is -2.20. The first-order valence-corrected chi connectivity index (χ1v) is 7.67. The molecule has 0 radical (unpaired) electrons. The number of carbonyl (C=O) groups excluding carboxylic acids is 1. The van der Waals surface area contributed by atoms with E-state index in [2.05, 4.69) is 10.5 Å². The van der Waals surface area contributed by atoms with Crippen LogP contribution < -0.4 is 15.9 Å². The Morgan fingerprint density at radius 3 is 2.59 bits per heavy atom. The summed E-state index contributed by atoms with van der Waals surface area (Å²) in [6, 6.07) is 17.6. The van der Waals surface area contributed by atoms with Gasteiger partial charge in [0.2, 0.25) is 0 Å². The van der Waals surface area contributed by atoms with Crippen LogP contribution in [0.15, 0.2) is 59.7 Å². The maximum Gasteiger partial charge on any atom is 0.255 e. The van der Waals surface area contributed by atoms with Crippen LogP contribution in [-0.2, 0) is 4.79 Å². The zero-order valence-electron chi connectivity index (χ0n) is 11.7. The summed E-state index contributed by atoms with van der Waals surface area (Å²) in [4.78, 5) is 10.7. The molecule has 1 amide bonds. The van der Waals surface area contributed by atoms with Gasteiger partial charge in [-0.05, 0) is 17.7 Å². The van der Waals surface area contributed by atoms with Crippen molar-refractivity contribution in [2.45, 2.75) is 5.37 Å². The van der Waals surface area contributed by atoms with Gasteiger partial charge in [0.1, 0.15) is 16.2 Å². The number of amides is 1. The largest absolute Gasteiger partial charge is 0.484 e. The van der Waals surface area contributed by atoms with Crippen molar-refractivity contribution in [3.05, 3.63) is 65.7 Å². The lowest BCUT2D eigenvalue weighted by molar-refractivity contribution is -0.119. The molecule has 0 aliphatic carbocycles. The van der Waals surface area contributed by atoms with Crippen molar-refractivity contribution >= 4 is 22.7 Å². The molecular formula is C16H15N3O2S. The highest BCUT2D eigenvalue weighted by molar-refractivity contribution is 8.14. The molecule has 2 aromatic rings. The quantitative estimate of drug-likeness (QED) is 0.887. The zero-order valence-corrected chi connectivity index (χ0v) is 12.5. The zero-order chi connectivity index (χ0) is 15.4. The van der Waals surface area contributed by atoms with Crippen LogP contribution in [0, 0.1) is 0 Å². The smallest absolute Gasteiger partial charge is 0.255 e. The molecule has 1 atom stereocenters. The molecule has 0 unspecified atom stereocenters. The summed E-state index contributed by atoms with van der Waals surface area (Å²) in [5.74, 6) is 0.132. The Morgan fingerprint density at radius 1 is 1.18 bits per heavy atom. The number of hydrazone groups is 1. The van der Waals surface area contributed by atoms with Crippen molar-refractivity contribution in [2.75, 3.05) is 6.61 Å². The molecule has 1 aliphatic rings. The second-order valence-electron chi connectivity index (χ2n) is 4.73. The lowest BCUT2D eigenvalue weighted by atomic mass is 10.2. The van der Waals surface area contributed by atoms with E-state index >= 15 is 0 Å². The Balaban J connectivity index is 1.63. The maximum absolute atomic E-state index is 10.7. The molecule has 1 heterocycles. The summed E-state index contributed by atoms with van der Waals surface area (Å²) in [5.41, 5.74) is 10.4. The number of nitrogens with one attached hydrogen (secondary N) is 1. The molecule has 0 aromatic heterocycles. The summed E-state index contributed by atoms with van der Waals surface area (Å²) < 4.78 is 5.25. The average molecular weight is 313 g/mol. The Bertz CT molecular complexity index is 686. The Kier molecular flexibility index (Phi) is 4.29. The van der Waals surface area contributed by atoms with Crippen LogP contribution in [0.5, 0.6) is 5.75 Å². The number of thioether (sulfide) groups is 1. The molecule has 6 heteroatoms. The number of ether oxygens (including phenoxy) is 1. The van der Waals surface area contributed by atoms with Gasteiger partial charge in [-0.1, -0.05) is 54.2 Å². The van der Waals surface area contributed by atoms with E-state index in [0.717, 1.165) is 16.2 Å². The SMILES string of the molecule is NC(=O)COc1ccc([C@@H]2NN=C(c3ccccc3)S2)cc1. The molecule has 0 saturated carbocycles. The third kappa shape index (κ3) is 3.40. The second kappa shape index (κ2) is 6.53. The van der Waals surface area contributed by atoms with E-state index in [9.17, 15) is 4.79 Å². The van der Waals surface area contributed by atoms with Gasteiger partial charge in [-0.15, -0.1) is 0 Å². The van der Waals surface area contributed by atoms with E-state index in [0.29, 0.717) is 5.75 Å². The predicted molar refractivity (Wildman–Crippen MR) is 87.6 cm³/mol. The first-order chi connectivity index (χ1) is 10.7. The van der Waals surface area contributed by atoms with Gasteiger partial charge in [-0.2, -0.15) is 5.10 Å². The Morgan fingerprint density at radius 2 is 1.91 bits per heavy atom. The van der Waals surface area contributed by atoms with Crippen LogP contribution >= 0.6 is 11.8 Å². The van der Waals surface area contributed by atoms with Crippen LogP contribution in [0.1, 0.15) is 16.5 Å². The normalized spacial score (nSPS) is 16.7. The van der Waals surface area contributed by atoms with Crippen LogP contribution in [0.25, 0.3) is 0 Å².